The molecule has 2 aliphatic rings. The van der Waals surface area contributed by atoms with E-state index >= 15 is 0 Å². The van der Waals surface area contributed by atoms with Gasteiger partial charge in [0.1, 0.15) is 10.7 Å². The van der Waals surface area contributed by atoms with Crippen LogP contribution in [-0.4, -0.2) is 51.9 Å². The van der Waals surface area contributed by atoms with Gasteiger partial charge in [-0.2, -0.15) is 0 Å². The standard InChI is InChI=1S/C20H26N4O2S/c1-13-14(2)27-20-18(13)19(26)21-16(22-20)12-23-7-9-24(10-8-23)17(25)11-15-5-3-4-6-15/h3,5,15H,4,6-12H2,1-2H3,(H,21,22,26)/t15-/m0/s1. The number of hydrogen-bond donors (Lipinski definition) is 1. The first kappa shape index (κ1) is 18.4. The monoisotopic (exact) mass is 386 g/mol. The van der Waals surface area contributed by atoms with Gasteiger partial charge in [-0.25, -0.2) is 4.98 Å². The maximum atomic E-state index is 12.5. The number of nitrogens with zero attached hydrogens (tertiary/aromatic N) is 3. The van der Waals surface area contributed by atoms with Crippen molar-refractivity contribution in [1.29, 1.82) is 0 Å². The number of amides is 1. The van der Waals surface area contributed by atoms with Crippen molar-refractivity contribution in [3.05, 3.63) is 38.8 Å². The van der Waals surface area contributed by atoms with Crippen molar-refractivity contribution in [3.63, 3.8) is 0 Å². The Morgan fingerprint density at radius 3 is 2.78 bits per heavy atom. The van der Waals surface area contributed by atoms with Gasteiger partial charge in [-0.1, -0.05) is 12.2 Å². The van der Waals surface area contributed by atoms with Crippen molar-refractivity contribution in [2.45, 2.75) is 39.7 Å². The minimum Gasteiger partial charge on any atom is -0.340 e. The highest BCUT2D eigenvalue weighted by Gasteiger charge is 2.24. The van der Waals surface area contributed by atoms with Crippen LogP contribution in [0.5, 0.6) is 0 Å². The molecule has 1 fully saturated rings. The number of fused-ring (bicyclic) bond motifs is 1. The normalized spacial score (nSPS) is 20.7. The first-order valence-electron chi connectivity index (χ1n) is 9.67. The van der Waals surface area contributed by atoms with Crippen molar-refractivity contribution < 1.29 is 4.79 Å². The fourth-order valence-corrected chi connectivity index (χ4v) is 5.01. The molecule has 1 saturated heterocycles. The molecule has 1 aliphatic heterocycles. The van der Waals surface area contributed by atoms with E-state index in [4.69, 9.17) is 0 Å². The molecule has 0 unspecified atom stereocenters. The number of aromatic nitrogens is 2. The number of hydrogen-bond acceptors (Lipinski definition) is 5. The number of allylic oxidation sites excluding steroid dienone is 2. The van der Waals surface area contributed by atoms with Gasteiger partial charge in [0, 0.05) is 37.5 Å². The van der Waals surface area contributed by atoms with Crippen LogP contribution >= 0.6 is 11.3 Å². The summed E-state index contributed by atoms with van der Waals surface area (Å²) in [5, 5.41) is 0.720. The van der Waals surface area contributed by atoms with Crippen LogP contribution < -0.4 is 5.56 Å². The largest absolute Gasteiger partial charge is 0.340 e. The lowest BCUT2D eigenvalue weighted by atomic mass is 10.0. The van der Waals surface area contributed by atoms with E-state index < -0.39 is 0 Å². The number of thiophene rings is 1. The van der Waals surface area contributed by atoms with Gasteiger partial charge in [-0.15, -0.1) is 11.3 Å². The van der Waals surface area contributed by atoms with Crippen LogP contribution in [0.25, 0.3) is 10.2 Å². The summed E-state index contributed by atoms with van der Waals surface area (Å²) in [6.07, 6.45) is 7.20. The van der Waals surface area contributed by atoms with Gasteiger partial charge >= 0.3 is 0 Å². The average molecular weight is 387 g/mol. The minimum atomic E-state index is -0.0460. The molecule has 144 valence electrons. The van der Waals surface area contributed by atoms with Crippen LogP contribution in [0.3, 0.4) is 0 Å². The molecule has 1 amide bonds. The molecule has 2 aromatic rings. The lowest BCUT2D eigenvalue weighted by Gasteiger charge is -2.34. The van der Waals surface area contributed by atoms with Crippen LogP contribution in [0.15, 0.2) is 16.9 Å². The Balaban J connectivity index is 1.36. The zero-order chi connectivity index (χ0) is 19.0. The van der Waals surface area contributed by atoms with Crippen molar-refractivity contribution in [2.24, 2.45) is 5.92 Å². The SMILES string of the molecule is Cc1sc2nc(CN3CCN(C(=O)C[C@H]4C=CCC4)CC3)[nH]c(=O)c2c1C. The van der Waals surface area contributed by atoms with Crippen LogP contribution in [0.1, 0.15) is 35.5 Å². The van der Waals surface area contributed by atoms with Crippen molar-refractivity contribution in [3.8, 4) is 0 Å². The van der Waals surface area contributed by atoms with Gasteiger partial charge in [0.2, 0.25) is 5.91 Å². The Morgan fingerprint density at radius 1 is 1.30 bits per heavy atom. The molecule has 4 rings (SSSR count). The van der Waals surface area contributed by atoms with E-state index in [2.05, 4.69) is 27.0 Å². The molecule has 3 heterocycles. The second-order valence-electron chi connectivity index (χ2n) is 7.60. The smallest absolute Gasteiger partial charge is 0.259 e. The van der Waals surface area contributed by atoms with Crippen molar-refractivity contribution in [2.75, 3.05) is 26.2 Å². The average Bonchev–Trinajstić information content (AvgIpc) is 3.24. The molecule has 0 radical (unpaired) electrons. The van der Waals surface area contributed by atoms with Crippen LogP contribution in [0, 0.1) is 19.8 Å². The number of nitrogens with one attached hydrogen (secondary N) is 1. The zero-order valence-electron chi connectivity index (χ0n) is 16.0. The van der Waals surface area contributed by atoms with Gasteiger partial charge in [0.05, 0.1) is 11.9 Å². The molecular weight excluding hydrogens is 360 g/mol. The molecule has 1 atom stereocenters. The van der Waals surface area contributed by atoms with Gasteiger partial charge in [-0.3, -0.25) is 14.5 Å². The number of carbonyl (C=O) groups is 1. The highest BCUT2D eigenvalue weighted by molar-refractivity contribution is 7.18. The molecule has 1 aliphatic carbocycles. The van der Waals surface area contributed by atoms with Crippen molar-refractivity contribution in [1.82, 2.24) is 19.8 Å². The second-order valence-corrected chi connectivity index (χ2v) is 8.81. The first-order valence-corrected chi connectivity index (χ1v) is 10.5. The predicted octanol–water partition coefficient (Wildman–Crippen LogP) is 2.60. The Hall–Kier alpha value is -1.99. The zero-order valence-corrected chi connectivity index (χ0v) is 16.8. The van der Waals surface area contributed by atoms with E-state index in [-0.39, 0.29) is 11.5 Å². The lowest BCUT2D eigenvalue weighted by Crippen LogP contribution is -2.48. The van der Waals surface area contributed by atoms with E-state index in [0.717, 1.165) is 59.7 Å². The summed E-state index contributed by atoms with van der Waals surface area (Å²) in [5.41, 5.74) is 0.981. The first-order chi connectivity index (χ1) is 13.0. The van der Waals surface area contributed by atoms with Gasteiger partial charge in [0.25, 0.3) is 5.56 Å². The highest BCUT2D eigenvalue weighted by atomic mass is 32.1. The molecule has 0 saturated carbocycles. The lowest BCUT2D eigenvalue weighted by molar-refractivity contribution is -0.133. The van der Waals surface area contributed by atoms with E-state index in [9.17, 15) is 9.59 Å². The number of aromatic amines is 1. The Labute approximate surface area is 162 Å². The second kappa shape index (κ2) is 7.56. The van der Waals surface area contributed by atoms with E-state index in [1.54, 1.807) is 11.3 Å². The van der Waals surface area contributed by atoms with Crippen LogP contribution in [-0.2, 0) is 11.3 Å². The van der Waals surface area contributed by atoms with Crippen LogP contribution in [0.4, 0.5) is 0 Å². The third kappa shape index (κ3) is 3.84. The summed E-state index contributed by atoms with van der Waals surface area (Å²) in [7, 11) is 0. The number of aryl methyl sites for hydroxylation is 2. The predicted molar refractivity (Wildman–Crippen MR) is 108 cm³/mol. The molecular formula is C20H26N4O2S. The fourth-order valence-electron chi connectivity index (χ4n) is 3.96. The number of piperazine rings is 1. The summed E-state index contributed by atoms with van der Waals surface area (Å²) in [4.78, 5) is 38.7. The third-order valence-electron chi connectivity index (χ3n) is 5.74. The summed E-state index contributed by atoms with van der Waals surface area (Å²) >= 11 is 1.58. The number of carbonyl (C=O) groups excluding carboxylic acids is 1. The Morgan fingerprint density at radius 2 is 2.07 bits per heavy atom. The highest BCUT2D eigenvalue weighted by Crippen LogP contribution is 2.26. The quantitative estimate of drug-likeness (QED) is 0.820. The van der Waals surface area contributed by atoms with Gasteiger partial charge in [-0.05, 0) is 38.2 Å². The van der Waals surface area contributed by atoms with E-state index in [1.165, 1.54) is 0 Å². The molecule has 27 heavy (non-hydrogen) atoms. The van der Waals surface area contributed by atoms with E-state index in [0.29, 0.717) is 24.7 Å². The van der Waals surface area contributed by atoms with Crippen LogP contribution in [0.2, 0.25) is 0 Å². The summed E-state index contributed by atoms with van der Waals surface area (Å²) < 4.78 is 0. The van der Waals surface area contributed by atoms with Gasteiger partial charge in [0.15, 0.2) is 0 Å². The Kier molecular flexibility index (Phi) is 5.14. The molecule has 1 N–H and O–H groups in total. The molecule has 7 heteroatoms. The molecule has 6 nitrogen and oxygen atoms in total. The Bertz CT molecular complexity index is 937. The molecule has 0 spiro atoms. The number of rotatable bonds is 4. The summed E-state index contributed by atoms with van der Waals surface area (Å²) in [5.74, 6) is 1.41. The minimum absolute atomic E-state index is 0.0460. The van der Waals surface area contributed by atoms with Gasteiger partial charge < -0.3 is 9.88 Å². The maximum absolute atomic E-state index is 12.5. The fraction of sp³-hybridized carbons (Fsp3) is 0.550. The summed E-state index contributed by atoms with van der Waals surface area (Å²) in [6.45, 7) is 7.75. The number of H-pyrrole nitrogens is 1. The maximum Gasteiger partial charge on any atom is 0.259 e. The molecule has 0 aromatic carbocycles. The molecule has 0 bridgehead atoms. The van der Waals surface area contributed by atoms with Crippen molar-refractivity contribution >= 4 is 27.5 Å². The molecule has 2 aromatic heterocycles. The summed E-state index contributed by atoms with van der Waals surface area (Å²) in [6, 6.07) is 0. The topological polar surface area (TPSA) is 69.3 Å². The third-order valence-corrected chi connectivity index (χ3v) is 6.84. The van der Waals surface area contributed by atoms with E-state index in [1.807, 2.05) is 18.7 Å².